The number of carbonyl (C=O) groups excluding carboxylic acids is 1. The molecule has 96 valence electrons. The number of ether oxygens (including phenoxy) is 2. The molecule has 0 amide bonds. The molecule has 0 bridgehead atoms. The molecule has 1 unspecified atom stereocenters. The Morgan fingerprint density at radius 3 is 2.78 bits per heavy atom. The Morgan fingerprint density at radius 2 is 2.22 bits per heavy atom. The van der Waals surface area contributed by atoms with Gasteiger partial charge in [0.2, 0.25) is 0 Å². The summed E-state index contributed by atoms with van der Waals surface area (Å²) in [5.74, 6) is -1.93. The largest absolute Gasteiger partial charge is 0.496 e. The quantitative estimate of drug-likeness (QED) is 0.647. The molecular formula is C13H14O5. The molecule has 1 heterocycles. The van der Waals surface area contributed by atoms with Crippen LogP contribution in [0.25, 0.3) is 0 Å². The molecule has 1 saturated heterocycles. The van der Waals surface area contributed by atoms with Crippen molar-refractivity contribution in [3.8, 4) is 5.75 Å². The fourth-order valence-electron chi connectivity index (χ4n) is 2.07. The zero-order valence-electron chi connectivity index (χ0n) is 10.0. The van der Waals surface area contributed by atoms with Crippen molar-refractivity contribution in [2.45, 2.75) is 12.3 Å². The van der Waals surface area contributed by atoms with Crippen LogP contribution in [0.5, 0.6) is 5.75 Å². The van der Waals surface area contributed by atoms with Gasteiger partial charge >= 0.3 is 5.97 Å². The van der Waals surface area contributed by atoms with Crippen LogP contribution in [-0.2, 0) is 9.53 Å². The maximum atomic E-state index is 11.6. The number of methoxy groups -OCH3 is 1. The van der Waals surface area contributed by atoms with Crippen molar-refractivity contribution < 1.29 is 24.2 Å². The van der Waals surface area contributed by atoms with E-state index >= 15 is 0 Å². The van der Waals surface area contributed by atoms with E-state index in [-0.39, 0.29) is 17.2 Å². The fraction of sp³-hybridized carbons (Fsp3) is 0.385. The first-order chi connectivity index (χ1) is 8.63. The highest BCUT2D eigenvalue weighted by atomic mass is 16.5. The van der Waals surface area contributed by atoms with Crippen LogP contribution in [0.4, 0.5) is 0 Å². The van der Waals surface area contributed by atoms with Crippen molar-refractivity contribution in [2.75, 3.05) is 20.3 Å². The zero-order chi connectivity index (χ0) is 13.1. The van der Waals surface area contributed by atoms with Crippen molar-refractivity contribution in [1.82, 2.24) is 0 Å². The predicted octanol–water partition coefficient (Wildman–Crippen LogP) is 1.47. The van der Waals surface area contributed by atoms with Gasteiger partial charge in [0, 0.05) is 12.5 Å². The molecule has 5 nitrogen and oxygen atoms in total. The van der Waals surface area contributed by atoms with Crippen molar-refractivity contribution in [1.29, 1.82) is 0 Å². The lowest BCUT2D eigenvalue weighted by Crippen LogP contribution is -2.14. The van der Waals surface area contributed by atoms with E-state index in [9.17, 15) is 9.59 Å². The minimum atomic E-state index is -1.48. The number of ketones is 1. The third kappa shape index (κ3) is 2.36. The number of rotatable bonds is 4. The van der Waals surface area contributed by atoms with Crippen LogP contribution in [0.2, 0.25) is 0 Å². The monoisotopic (exact) mass is 250 g/mol. The van der Waals surface area contributed by atoms with E-state index in [1.807, 2.05) is 6.07 Å². The van der Waals surface area contributed by atoms with Gasteiger partial charge in [0.15, 0.2) is 0 Å². The standard InChI is InChI=1S/C13H14O5/c1-17-11-3-2-8(9-4-5-18-7-9)6-10(11)12(14)13(15)16/h2-3,6,9H,4-5,7H2,1H3,(H,15,16). The summed E-state index contributed by atoms with van der Waals surface area (Å²) in [6.07, 6.45) is 0.882. The molecule has 1 N–H and O–H groups in total. The van der Waals surface area contributed by atoms with Crippen molar-refractivity contribution in [3.05, 3.63) is 29.3 Å². The first kappa shape index (κ1) is 12.6. The van der Waals surface area contributed by atoms with E-state index in [1.165, 1.54) is 7.11 Å². The summed E-state index contributed by atoms with van der Waals surface area (Å²) in [5, 5.41) is 8.78. The third-order valence-corrected chi connectivity index (χ3v) is 3.06. The van der Waals surface area contributed by atoms with Gasteiger partial charge < -0.3 is 14.6 Å². The van der Waals surface area contributed by atoms with Crippen LogP contribution in [0.1, 0.15) is 28.3 Å². The molecule has 0 aliphatic carbocycles. The molecule has 0 spiro atoms. The smallest absolute Gasteiger partial charge is 0.377 e. The Kier molecular flexibility index (Phi) is 3.62. The molecule has 0 radical (unpaired) electrons. The van der Waals surface area contributed by atoms with Crippen molar-refractivity contribution in [3.63, 3.8) is 0 Å². The highest BCUT2D eigenvalue weighted by Crippen LogP contribution is 2.29. The Bertz CT molecular complexity index is 474. The second-order valence-corrected chi connectivity index (χ2v) is 4.15. The molecule has 2 rings (SSSR count). The SMILES string of the molecule is COc1ccc(C2CCOC2)cc1C(=O)C(=O)O. The lowest BCUT2D eigenvalue weighted by atomic mass is 9.95. The van der Waals surface area contributed by atoms with Gasteiger partial charge in [-0.15, -0.1) is 0 Å². The van der Waals surface area contributed by atoms with E-state index in [1.54, 1.807) is 12.1 Å². The maximum absolute atomic E-state index is 11.6. The number of carboxylic acid groups (broad SMARTS) is 1. The second kappa shape index (κ2) is 5.18. The maximum Gasteiger partial charge on any atom is 0.377 e. The Hall–Kier alpha value is -1.88. The summed E-state index contributed by atoms with van der Waals surface area (Å²) >= 11 is 0. The highest BCUT2D eigenvalue weighted by Gasteiger charge is 2.23. The zero-order valence-corrected chi connectivity index (χ0v) is 10.0. The number of Topliss-reactive ketones (excluding diaryl/α,β-unsaturated/α-hetero) is 1. The van der Waals surface area contributed by atoms with Gasteiger partial charge in [0.25, 0.3) is 5.78 Å². The third-order valence-electron chi connectivity index (χ3n) is 3.06. The van der Waals surface area contributed by atoms with Crippen LogP contribution >= 0.6 is 0 Å². The van der Waals surface area contributed by atoms with E-state index in [0.29, 0.717) is 13.2 Å². The first-order valence-corrected chi connectivity index (χ1v) is 5.66. The lowest BCUT2D eigenvalue weighted by molar-refractivity contribution is -0.131. The Labute approximate surface area is 104 Å². The highest BCUT2D eigenvalue weighted by molar-refractivity contribution is 6.40. The topological polar surface area (TPSA) is 72.8 Å². The summed E-state index contributed by atoms with van der Waals surface area (Å²) < 4.78 is 10.3. The van der Waals surface area contributed by atoms with Crippen LogP contribution < -0.4 is 4.74 Å². The molecule has 0 aromatic heterocycles. The number of benzene rings is 1. The minimum absolute atomic E-state index is 0.0920. The number of aliphatic carboxylic acids is 1. The molecule has 5 heteroatoms. The number of carboxylic acids is 1. The van der Waals surface area contributed by atoms with E-state index < -0.39 is 11.8 Å². The van der Waals surface area contributed by atoms with Crippen molar-refractivity contribution in [2.24, 2.45) is 0 Å². The summed E-state index contributed by atoms with van der Waals surface area (Å²) in [5.41, 5.74) is 1.01. The van der Waals surface area contributed by atoms with Gasteiger partial charge in [-0.3, -0.25) is 4.79 Å². The van der Waals surface area contributed by atoms with E-state index in [4.69, 9.17) is 14.6 Å². The molecule has 1 fully saturated rings. The second-order valence-electron chi connectivity index (χ2n) is 4.15. The molecule has 1 aliphatic heterocycles. The summed E-state index contributed by atoms with van der Waals surface area (Å²) in [6, 6.07) is 5.06. The van der Waals surface area contributed by atoms with Crippen LogP contribution in [0, 0.1) is 0 Å². The van der Waals surface area contributed by atoms with Gasteiger partial charge in [-0.2, -0.15) is 0 Å². The van der Waals surface area contributed by atoms with Gasteiger partial charge in [-0.05, 0) is 24.1 Å². The van der Waals surface area contributed by atoms with Gasteiger partial charge in [-0.25, -0.2) is 4.79 Å². The Balaban J connectivity index is 2.38. The lowest BCUT2D eigenvalue weighted by Gasteiger charge is -2.12. The van der Waals surface area contributed by atoms with Crippen LogP contribution in [-0.4, -0.2) is 37.2 Å². The number of hydrogen-bond acceptors (Lipinski definition) is 4. The van der Waals surface area contributed by atoms with Gasteiger partial charge in [0.05, 0.1) is 19.3 Å². The summed E-state index contributed by atoms with van der Waals surface area (Å²) in [4.78, 5) is 22.4. The average molecular weight is 250 g/mol. The van der Waals surface area contributed by atoms with Crippen LogP contribution in [0.15, 0.2) is 18.2 Å². The van der Waals surface area contributed by atoms with Crippen LogP contribution in [0.3, 0.4) is 0 Å². The molecular weight excluding hydrogens is 236 g/mol. The molecule has 1 aromatic rings. The predicted molar refractivity (Wildman–Crippen MR) is 63.1 cm³/mol. The molecule has 0 saturated carbocycles. The molecule has 1 aliphatic rings. The number of hydrogen-bond donors (Lipinski definition) is 1. The van der Waals surface area contributed by atoms with Crippen molar-refractivity contribution >= 4 is 11.8 Å². The first-order valence-electron chi connectivity index (χ1n) is 5.66. The fourth-order valence-corrected chi connectivity index (χ4v) is 2.07. The summed E-state index contributed by atoms with van der Waals surface area (Å²) in [7, 11) is 1.41. The van der Waals surface area contributed by atoms with Gasteiger partial charge in [-0.1, -0.05) is 6.07 Å². The normalized spacial score (nSPS) is 18.6. The Morgan fingerprint density at radius 1 is 1.44 bits per heavy atom. The molecule has 1 aromatic carbocycles. The average Bonchev–Trinajstić information content (AvgIpc) is 2.90. The molecule has 1 atom stereocenters. The number of carbonyl (C=O) groups is 2. The van der Waals surface area contributed by atoms with E-state index in [0.717, 1.165) is 12.0 Å². The van der Waals surface area contributed by atoms with E-state index in [2.05, 4.69) is 0 Å². The summed E-state index contributed by atoms with van der Waals surface area (Å²) in [6.45, 7) is 1.30. The minimum Gasteiger partial charge on any atom is -0.496 e. The van der Waals surface area contributed by atoms with Gasteiger partial charge in [0.1, 0.15) is 5.75 Å². The molecule has 18 heavy (non-hydrogen) atoms.